The summed E-state index contributed by atoms with van der Waals surface area (Å²) in [7, 11) is 0. The molecule has 0 unspecified atom stereocenters. The summed E-state index contributed by atoms with van der Waals surface area (Å²) in [5.74, 6) is 0.523. The SMILES string of the molecule is Cc1cc(Cl)nc(Cn2cccc(Br)c2=O)n1. The predicted molar refractivity (Wildman–Crippen MR) is 69.3 cm³/mol. The Balaban J connectivity index is 2.38. The standard InChI is InChI=1S/C11H9BrClN3O/c1-7-5-9(13)15-10(14-7)6-16-4-2-3-8(12)11(16)17/h2-5H,6H2,1H3. The Hall–Kier alpha value is -1.20. The molecule has 2 rings (SSSR count). The van der Waals surface area contributed by atoms with E-state index in [4.69, 9.17) is 11.6 Å². The van der Waals surface area contributed by atoms with E-state index in [2.05, 4.69) is 25.9 Å². The van der Waals surface area contributed by atoms with E-state index in [9.17, 15) is 4.79 Å². The van der Waals surface area contributed by atoms with Crippen LogP contribution in [0.3, 0.4) is 0 Å². The highest BCUT2D eigenvalue weighted by Crippen LogP contribution is 2.07. The lowest BCUT2D eigenvalue weighted by Gasteiger charge is -2.05. The molecule has 2 heterocycles. The first-order valence-electron chi connectivity index (χ1n) is 4.91. The minimum atomic E-state index is -0.117. The third-order valence-electron chi connectivity index (χ3n) is 2.15. The molecule has 0 aliphatic rings. The van der Waals surface area contributed by atoms with Crippen LogP contribution in [-0.4, -0.2) is 14.5 Å². The molecule has 2 aromatic rings. The molecule has 0 radical (unpaired) electrons. The Morgan fingerprint density at radius 3 is 2.94 bits per heavy atom. The van der Waals surface area contributed by atoms with E-state index in [1.54, 1.807) is 24.4 Å². The van der Waals surface area contributed by atoms with Gasteiger partial charge < -0.3 is 4.57 Å². The summed E-state index contributed by atoms with van der Waals surface area (Å²) >= 11 is 9.03. The second-order valence-corrected chi connectivity index (χ2v) is 4.78. The van der Waals surface area contributed by atoms with Gasteiger partial charge in [-0.05, 0) is 41.1 Å². The number of nitrogens with zero attached hydrogens (tertiary/aromatic N) is 3. The van der Waals surface area contributed by atoms with Gasteiger partial charge in [-0.1, -0.05) is 11.6 Å². The van der Waals surface area contributed by atoms with Crippen molar-refractivity contribution in [3.8, 4) is 0 Å². The molecule has 0 amide bonds. The second-order valence-electron chi connectivity index (χ2n) is 3.54. The van der Waals surface area contributed by atoms with Crippen LogP contribution < -0.4 is 5.56 Å². The second kappa shape index (κ2) is 4.98. The third kappa shape index (κ3) is 2.92. The maximum atomic E-state index is 11.8. The first kappa shape index (κ1) is 12.3. The largest absolute Gasteiger partial charge is 0.307 e. The van der Waals surface area contributed by atoms with Gasteiger partial charge in [0.25, 0.3) is 5.56 Å². The van der Waals surface area contributed by atoms with E-state index >= 15 is 0 Å². The van der Waals surface area contributed by atoms with Crippen molar-refractivity contribution in [1.82, 2.24) is 14.5 Å². The van der Waals surface area contributed by atoms with E-state index in [0.717, 1.165) is 5.69 Å². The van der Waals surface area contributed by atoms with Gasteiger partial charge in [-0.15, -0.1) is 0 Å². The number of rotatable bonds is 2. The molecule has 2 aromatic heterocycles. The van der Waals surface area contributed by atoms with E-state index in [1.165, 1.54) is 4.57 Å². The normalized spacial score (nSPS) is 10.5. The van der Waals surface area contributed by atoms with Gasteiger partial charge in [0.05, 0.1) is 11.0 Å². The van der Waals surface area contributed by atoms with E-state index < -0.39 is 0 Å². The minimum Gasteiger partial charge on any atom is -0.307 e. The molecule has 88 valence electrons. The molecule has 0 spiro atoms. The molecule has 4 nitrogen and oxygen atoms in total. The van der Waals surface area contributed by atoms with Gasteiger partial charge in [-0.25, -0.2) is 9.97 Å². The smallest absolute Gasteiger partial charge is 0.265 e. The van der Waals surface area contributed by atoms with Crippen molar-refractivity contribution >= 4 is 27.5 Å². The van der Waals surface area contributed by atoms with Crippen LogP contribution in [-0.2, 0) is 6.54 Å². The summed E-state index contributed by atoms with van der Waals surface area (Å²) in [6.07, 6.45) is 1.69. The zero-order chi connectivity index (χ0) is 12.4. The maximum absolute atomic E-state index is 11.8. The first-order chi connectivity index (χ1) is 8.06. The van der Waals surface area contributed by atoms with E-state index in [0.29, 0.717) is 22.0 Å². The van der Waals surface area contributed by atoms with E-state index in [-0.39, 0.29) is 5.56 Å². The molecular weight excluding hydrogens is 305 g/mol. The summed E-state index contributed by atoms with van der Waals surface area (Å²) in [6.45, 7) is 2.14. The molecule has 0 atom stereocenters. The fourth-order valence-corrected chi connectivity index (χ4v) is 2.08. The Labute approximate surface area is 111 Å². The molecule has 0 aliphatic heterocycles. The van der Waals surface area contributed by atoms with Crippen LogP contribution in [0.2, 0.25) is 5.15 Å². The molecule has 0 bridgehead atoms. The summed E-state index contributed by atoms with van der Waals surface area (Å²) in [4.78, 5) is 20.1. The first-order valence-corrected chi connectivity index (χ1v) is 6.08. The van der Waals surface area contributed by atoms with Crippen LogP contribution in [0.1, 0.15) is 11.5 Å². The van der Waals surface area contributed by atoms with E-state index in [1.807, 2.05) is 6.92 Å². The summed E-state index contributed by atoms with van der Waals surface area (Å²) in [5.41, 5.74) is 0.664. The average molecular weight is 315 g/mol. The Morgan fingerprint density at radius 1 is 1.47 bits per heavy atom. The molecule has 0 aliphatic carbocycles. The Kier molecular flexibility index (Phi) is 3.59. The fourth-order valence-electron chi connectivity index (χ4n) is 1.44. The van der Waals surface area contributed by atoms with Gasteiger partial charge in [0, 0.05) is 11.9 Å². The number of hydrogen-bond donors (Lipinski definition) is 0. The average Bonchev–Trinajstić information content (AvgIpc) is 2.23. The van der Waals surface area contributed by atoms with Gasteiger partial charge in [0.2, 0.25) is 0 Å². The number of halogens is 2. The fraction of sp³-hybridized carbons (Fsp3) is 0.182. The monoisotopic (exact) mass is 313 g/mol. The van der Waals surface area contributed by atoms with Gasteiger partial charge >= 0.3 is 0 Å². The molecule has 0 saturated carbocycles. The van der Waals surface area contributed by atoms with Crippen molar-refractivity contribution in [1.29, 1.82) is 0 Å². The van der Waals surface area contributed by atoms with Crippen molar-refractivity contribution in [3.63, 3.8) is 0 Å². The zero-order valence-electron chi connectivity index (χ0n) is 9.02. The molecule has 17 heavy (non-hydrogen) atoms. The van der Waals surface area contributed by atoms with Gasteiger partial charge in [-0.2, -0.15) is 0 Å². The van der Waals surface area contributed by atoms with Crippen molar-refractivity contribution in [2.24, 2.45) is 0 Å². The number of aryl methyl sites for hydroxylation is 1. The molecule has 0 aromatic carbocycles. The van der Waals surface area contributed by atoms with Gasteiger partial charge in [-0.3, -0.25) is 4.79 Å². The van der Waals surface area contributed by atoms with Crippen LogP contribution in [0, 0.1) is 6.92 Å². The van der Waals surface area contributed by atoms with Gasteiger partial charge in [0.15, 0.2) is 0 Å². The molecule has 0 saturated heterocycles. The summed E-state index contributed by atoms with van der Waals surface area (Å²) < 4.78 is 2.04. The molecular formula is C11H9BrClN3O. The summed E-state index contributed by atoms with van der Waals surface area (Å²) in [5, 5.41) is 0.385. The number of aromatic nitrogens is 3. The van der Waals surface area contributed by atoms with Crippen LogP contribution >= 0.6 is 27.5 Å². The highest BCUT2D eigenvalue weighted by atomic mass is 79.9. The molecule has 6 heteroatoms. The number of pyridine rings is 1. The van der Waals surface area contributed by atoms with Crippen LogP contribution in [0.25, 0.3) is 0 Å². The van der Waals surface area contributed by atoms with Crippen LogP contribution in [0.15, 0.2) is 33.7 Å². The minimum absolute atomic E-state index is 0.117. The maximum Gasteiger partial charge on any atom is 0.265 e. The zero-order valence-corrected chi connectivity index (χ0v) is 11.4. The van der Waals surface area contributed by atoms with Crippen molar-refractivity contribution < 1.29 is 0 Å². The molecule has 0 fully saturated rings. The highest BCUT2D eigenvalue weighted by Gasteiger charge is 2.04. The highest BCUT2D eigenvalue weighted by molar-refractivity contribution is 9.10. The Morgan fingerprint density at radius 2 is 2.24 bits per heavy atom. The number of hydrogen-bond acceptors (Lipinski definition) is 3. The van der Waals surface area contributed by atoms with Crippen molar-refractivity contribution in [3.05, 3.63) is 55.9 Å². The topological polar surface area (TPSA) is 47.8 Å². The predicted octanol–water partition coefficient (Wildman–Crippen LogP) is 2.41. The lowest BCUT2D eigenvalue weighted by molar-refractivity contribution is 0.707. The molecule has 0 N–H and O–H groups in total. The summed E-state index contributed by atoms with van der Waals surface area (Å²) in [6, 6.07) is 5.15. The van der Waals surface area contributed by atoms with Crippen molar-refractivity contribution in [2.45, 2.75) is 13.5 Å². The lowest BCUT2D eigenvalue weighted by Crippen LogP contribution is -2.21. The lowest BCUT2D eigenvalue weighted by atomic mass is 10.4. The third-order valence-corrected chi connectivity index (χ3v) is 2.95. The van der Waals surface area contributed by atoms with Gasteiger partial charge in [0.1, 0.15) is 11.0 Å². The van der Waals surface area contributed by atoms with Crippen LogP contribution in [0.5, 0.6) is 0 Å². The quantitative estimate of drug-likeness (QED) is 0.800. The van der Waals surface area contributed by atoms with Crippen molar-refractivity contribution in [2.75, 3.05) is 0 Å². The Bertz CT molecular complexity index is 592. The van der Waals surface area contributed by atoms with Crippen LogP contribution in [0.4, 0.5) is 0 Å².